The van der Waals surface area contributed by atoms with Crippen LogP contribution in [0.5, 0.6) is 5.75 Å². The highest BCUT2D eigenvalue weighted by Gasteiger charge is 2.20. The third-order valence-corrected chi connectivity index (χ3v) is 4.54. The van der Waals surface area contributed by atoms with Crippen LogP contribution in [0.2, 0.25) is 5.02 Å². The fraction of sp³-hybridized carbons (Fsp3) is 0.222. The Balaban J connectivity index is 1.52. The predicted octanol–water partition coefficient (Wildman–Crippen LogP) is 3.65. The van der Waals surface area contributed by atoms with E-state index in [0.717, 1.165) is 42.9 Å². The fourth-order valence-corrected chi connectivity index (χ4v) is 3.17. The minimum Gasteiger partial charge on any atom is -0.508 e. The average Bonchev–Trinajstić information content (AvgIpc) is 3.11. The maximum atomic E-state index is 9.46. The number of fused-ring (bicyclic) bond motifs is 1. The van der Waals surface area contributed by atoms with Gasteiger partial charge in [0.15, 0.2) is 11.6 Å². The standard InChI is InChI=1S/C18H16ClN3O2/c19-15-8-14(23)4-3-12(15)10-22-6-5-16-13(11-22)9-20-18(21-16)17-2-1-7-24-17/h1-4,7-9,23H,5-6,10-11H2. The second-order valence-corrected chi connectivity index (χ2v) is 6.29. The van der Waals surface area contributed by atoms with E-state index in [1.54, 1.807) is 18.4 Å². The summed E-state index contributed by atoms with van der Waals surface area (Å²) in [5, 5.41) is 10.0. The van der Waals surface area contributed by atoms with Crippen LogP contribution in [0.3, 0.4) is 0 Å². The molecule has 1 N–H and O–H groups in total. The molecule has 0 atom stereocenters. The number of furan rings is 1. The molecular weight excluding hydrogens is 326 g/mol. The van der Waals surface area contributed by atoms with Gasteiger partial charge in [0, 0.05) is 42.8 Å². The highest BCUT2D eigenvalue weighted by Crippen LogP contribution is 2.26. The molecule has 4 rings (SSSR count). The Labute approximate surface area is 144 Å². The summed E-state index contributed by atoms with van der Waals surface area (Å²) in [6.45, 7) is 2.42. The smallest absolute Gasteiger partial charge is 0.195 e. The highest BCUT2D eigenvalue weighted by atomic mass is 35.5. The number of benzene rings is 1. The lowest BCUT2D eigenvalue weighted by atomic mass is 10.1. The van der Waals surface area contributed by atoms with E-state index in [1.807, 2.05) is 24.4 Å². The van der Waals surface area contributed by atoms with Crippen molar-refractivity contribution in [2.75, 3.05) is 6.54 Å². The molecule has 3 aromatic rings. The Morgan fingerprint density at radius 3 is 3.00 bits per heavy atom. The normalized spacial score (nSPS) is 14.5. The first kappa shape index (κ1) is 15.2. The Morgan fingerprint density at radius 2 is 2.21 bits per heavy atom. The molecule has 0 saturated carbocycles. The molecule has 1 aliphatic rings. The summed E-state index contributed by atoms with van der Waals surface area (Å²) in [6.07, 6.45) is 4.37. The molecule has 1 aliphatic heterocycles. The summed E-state index contributed by atoms with van der Waals surface area (Å²) in [6, 6.07) is 8.81. The van der Waals surface area contributed by atoms with Crippen molar-refractivity contribution < 1.29 is 9.52 Å². The van der Waals surface area contributed by atoms with E-state index >= 15 is 0 Å². The van der Waals surface area contributed by atoms with Crippen molar-refractivity contribution in [2.24, 2.45) is 0 Å². The van der Waals surface area contributed by atoms with E-state index in [0.29, 0.717) is 16.6 Å². The molecule has 122 valence electrons. The van der Waals surface area contributed by atoms with Crippen molar-refractivity contribution in [2.45, 2.75) is 19.5 Å². The first-order chi connectivity index (χ1) is 11.7. The maximum absolute atomic E-state index is 9.46. The second kappa shape index (κ2) is 6.26. The summed E-state index contributed by atoms with van der Waals surface area (Å²) in [4.78, 5) is 11.4. The average molecular weight is 342 g/mol. The van der Waals surface area contributed by atoms with Gasteiger partial charge in [-0.3, -0.25) is 4.90 Å². The molecule has 0 radical (unpaired) electrons. The molecule has 0 spiro atoms. The summed E-state index contributed by atoms with van der Waals surface area (Å²) >= 11 is 6.21. The fourth-order valence-electron chi connectivity index (χ4n) is 2.94. The van der Waals surface area contributed by atoms with Crippen LogP contribution in [-0.2, 0) is 19.5 Å². The van der Waals surface area contributed by atoms with Gasteiger partial charge in [-0.1, -0.05) is 17.7 Å². The third-order valence-electron chi connectivity index (χ3n) is 4.19. The summed E-state index contributed by atoms with van der Waals surface area (Å²) < 4.78 is 5.36. The minimum atomic E-state index is 0.187. The van der Waals surface area contributed by atoms with E-state index in [9.17, 15) is 5.11 Å². The quantitative estimate of drug-likeness (QED) is 0.787. The Bertz CT molecular complexity index is 865. The zero-order valence-electron chi connectivity index (χ0n) is 12.9. The summed E-state index contributed by atoms with van der Waals surface area (Å²) in [5.74, 6) is 1.51. The molecule has 0 aliphatic carbocycles. The minimum absolute atomic E-state index is 0.187. The van der Waals surface area contributed by atoms with E-state index < -0.39 is 0 Å². The van der Waals surface area contributed by atoms with Gasteiger partial charge in [0.05, 0.1) is 12.0 Å². The van der Waals surface area contributed by atoms with Gasteiger partial charge in [0.25, 0.3) is 0 Å². The van der Waals surface area contributed by atoms with Crippen LogP contribution in [-0.4, -0.2) is 26.5 Å². The lowest BCUT2D eigenvalue weighted by molar-refractivity contribution is 0.243. The molecule has 0 saturated heterocycles. The van der Waals surface area contributed by atoms with E-state index in [2.05, 4.69) is 14.9 Å². The number of halogens is 1. The first-order valence-electron chi connectivity index (χ1n) is 7.77. The molecule has 0 fully saturated rings. The van der Waals surface area contributed by atoms with E-state index in [-0.39, 0.29) is 5.75 Å². The molecule has 3 heterocycles. The molecule has 0 amide bonds. The lowest BCUT2D eigenvalue weighted by Crippen LogP contribution is -2.31. The summed E-state index contributed by atoms with van der Waals surface area (Å²) in [5.41, 5.74) is 3.21. The zero-order chi connectivity index (χ0) is 16.5. The largest absolute Gasteiger partial charge is 0.508 e. The number of hydrogen-bond acceptors (Lipinski definition) is 5. The van der Waals surface area contributed by atoms with Crippen molar-refractivity contribution in [1.82, 2.24) is 14.9 Å². The SMILES string of the molecule is Oc1ccc(CN2CCc3nc(-c4ccco4)ncc3C2)c(Cl)c1. The summed E-state index contributed by atoms with van der Waals surface area (Å²) in [7, 11) is 0. The monoisotopic (exact) mass is 341 g/mol. The predicted molar refractivity (Wildman–Crippen MR) is 90.7 cm³/mol. The number of hydrogen-bond donors (Lipinski definition) is 1. The Kier molecular flexibility index (Phi) is 3.96. The molecule has 5 nitrogen and oxygen atoms in total. The highest BCUT2D eigenvalue weighted by molar-refractivity contribution is 6.31. The lowest BCUT2D eigenvalue weighted by Gasteiger charge is -2.28. The second-order valence-electron chi connectivity index (χ2n) is 5.88. The number of phenolic OH excluding ortho intramolecular Hbond substituents is 1. The van der Waals surface area contributed by atoms with Gasteiger partial charge in [-0.05, 0) is 29.8 Å². The number of nitrogens with zero attached hydrogens (tertiary/aromatic N) is 3. The van der Waals surface area contributed by atoms with Crippen LogP contribution in [0.1, 0.15) is 16.8 Å². The van der Waals surface area contributed by atoms with Crippen molar-refractivity contribution in [3.63, 3.8) is 0 Å². The maximum Gasteiger partial charge on any atom is 0.195 e. The van der Waals surface area contributed by atoms with Crippen LogP contribution >= 0.6 is 11.6 Å². The molecule has 1 aromatic carbocycles. The number of phenols is 1. The van der Waals surface area contributed by atoms with Crippen molar-refractivity contribution in [3.05, 3.63) is 64.6 Å². The molecular formula is C18H16ClN3O2. The molecule has 0 bridgehead atoms. The van der Waals surface area contributed by atoms with Gasteiger partial charge >= 0.3 is 0 Å². The van der Waals surface area contributed by atoms with Crippen LogP contribution < -0.4 is 0 Å². The van der Waals surface area contributed by atoms with Crippen LogP contribution in [0.4, 0.5) is 0 Å². The van der Waals surface area contributed by atoms with Gasteiger partial charge in [-0.25, -0.2) is 9.97 Å². The van der Waals surface area contributed by atoms with Gasteiger partial charge in [-0.15, -0.1) is 0 Å². The number of aromatic nitrogens is 2. The van der Waals surface area contributed by atoms with Crippen molar-refractivity contribution >= 4 is 11.6 Å². The van der Waals surface area contributed by atoms with E-state index in [1.165, 1.54) is 0 Å². The zero-order valence-corrected chi connectivity index (χ0v) is 13.7. The van der Waals surface area contributed by atoms with Crippen molar-refractivity contribution in [1.29, 1.82) is 0 Å². The van der Waals surface area contributed by atoms with Gasteiger partial charge in [0.1, 0.15) is 5.75 Å². The van der Waals surface area contributed by atoms with E-state index in [4.69, 9.17) is 16.0 Å². The Morgan fingerprint density at radius 1 is 1.29 bits per heavy atom. The van der Waals surface area contributed by atoms with Gasteiger partial charge in [0.2, 0.25) is 0 Å². The van der Waals surface area contributed by atoms with Gasteiger partial charge in [-0.2, -0.15) is 0 Å². The van der Waals surface area contributed by atoms with Crippen LogP contribution in [0.25, 0.3) is 11.6 Å². The van der Waals surface area contributed by atoms with Crippen molar-refractivity contribution in [3.8, 4) is 17.3 Å². The molecule has 0 unspecified atom stereocenters. The molecule has 2 aromatic heterocycles. The first-order valence-corrected chi connectivity index (χ1v) is 8.15. The third kappa shape index (κ3) is 3.00. The Hall–Kier alpha value is -2.37. The number of aromatic hydroxyl groups is 1. The van der Waals surface area contributed by atoms with Gasteiger partial charge < -0.3 is 9.52 Å². The molecule has 6 heteroatoms. The molecule has 24 heavy (non-hydrogen) atoms. The van der Waals surface area contributed by atoms with Crippen LogP contribution in [0.15, 0.2) is 47.2 Å². The number of rotatable bonds is 3. The topological polar surface area (TPSA) is 62.4 Å². The van der Waals surface area contributed by atoms with Crippen LogP contribution in [0, 0.1) is 0 Å².